The smallest absolute Gasteiger partial charge is 0.250 e. The second kappa shape index (κ2) is 10.8. The third kappa shape index (κ3) is 5.95. The van der Waals surface area contributed by atoms with Crippen LogP contribution in [0.15, 0.2) is 58.8 Å². The van der Waals surface area contributed by atoms with Crippen LogP contribution in [0.1, 0.15) is 37.8 Å². The Labute approximate surface area is 186 Å². The minimum atomic E-state index is -0.197. The van der Waals surface area contributed by atoms with Gasteiger partial charge in [-0.05, 0) is 48.2 Å². The molecule has 3 aromatic rings. The summed E-state index contributed by atoms with van der Waals surface area (Å²) in [7, 11) is 1.63. The molecule has 1 aromatic heterocycles. The summed E-state index contributed by atoms with van der Waals surface area (Å²) >= 11 is 1.33. The number of ether oxygens (including phenoxy) is 1. The SMILES string of the molecule is CCn1c(SCC(=O)N/N=C\c2ccc(C(C)C)cc2)nnc1-c1ccc(OC)cc1. The summed E-state index contributed by atoms with van der Waals surface area (Å²) in [6, 6.07) is 15.8. The number of nitrogens with zero attached hydrogens (tertiary/aromatic N) is 4. The molecule has 1 heterocycles. The van der Waals surface area contributed by atoms with Crippen molar-refractivity contribution >= 4 is 23.9 Å². The van der Waals surface area contributed by atoms with Gasteiger partial charge in [0.2, 0.25) is 0 Å². The highest BCUT2D eigenvalue weighted by Gasteiger charge is 2.14. The maximum atomic E-state index is 12.2. The Bertz CT molecular complexity index is 1030. The zero-order valence-electron chi connectivity index (χ0n) is 18.2. The van der Waals surface area contributed by atoms with Crippen molar-refractivity contribution in [2.45, 2.75) is 38.4 Å². The lowest BCUT2D eigenvalue weighted by molar-refractivity contribution is -0.118. The van der Waals surface area contributed by atoms with E-state index in [-0.39, 0.29) is 11.7 Å². The van der Waals surface area contributed by atoms with Gasteiger partial charge in [-0.1, -0.05) is 49.9 Å². The third-order valence-corrected chi connectivity index (χ3v) is 5.69. The number of hydrogen-bond donors (Lipinski definition) is 1. The molecule has 8 heteroatoms. The molecular formula is C23H27N5O2S. The highest BCUT2D eigenvalue weighted by Crippen LogP contribution is 2.25. The van der Waals surface area contributed by atoms with Gasteiger partial charge in [0, 0.05) is 12.1 Å². The molecule has 0 aliphatic carbocycles. The molecule has 0 atom stereocenters. The maximum absolute atomic E-state index is 12.2. The molecule has 0 radical (unpaired) electrons. The van der Waals surface area contributed by atoms with E-state index < -0.39 is 0 Å². The lowest BCUT2D eigenvalue weighted by Gasteiger charge is -2.07. The van der Waals surface area contributed by atoms with E-state index in [1.54, 1.807) is 13.3 Å². The van der Waals surface area contributed by atoms with Crippen LogP contribution in [-0.2, 0) is 11.3 Å². The van der Waals surface area contributed by atoms with E-state index in [1.807, 2.05) is 47.9 Å². The monoisotopic (exact) mass is 437 g/mol. The molecule has 162 valence electrons. The Morgan fingerprint density at radius 3 is 2.48 bits per heavy atom. The maximum Gasteiger partial charge on any atom is 0.250 e. The van der Waals surface area contributed by atoms with Crippen molar-refractivity contribution in [3.8, 4) is 17.1 Å². The molecule has 1 amide bonds. The number of rotatable bonds is 9. The van der Waals surface area contributed by atoms with Gasteiger partial charge in [0.05, 0.1) is 19.1 Å². The Morgan fingerprint density at radius 2 is 1.87 bits per heavy atom. The van der Waals surface area contributed by atoms with Gasteiger partial charge in [-0.2, -0.15) is 5.10 Å². The van der Waals surface area contributed by atoms with Crippen molar-refractivity contribution < 1.29 is 9.53 Å². The zero-order chi connectivity index (χ0) is 22.2. The summed E-state index contributed by atoms with van der Waals surface area (Å²) in [5.74, 6) is 2.03. The van der Waals surface area contributed by atoms with Crippen LogP contribution in [0.3, 0.4) is 0 Å². The highest BCUT2D eigenvalue weighted by atomic mass is 32.2. The molecule has 31 heavy (non-hydrogen) atoms. The third-order valence-electron chi connectivity index (χ3n) is 4.72. The Morgan fingerprint density at radius 1 is 1.16 bits per heavy atom. The Hall–Kier alpha value is -3.13. The molecule has 7 nitrogen and oxygen atoms in total. The molecule has 0 saturated carbocycles. The number of thioether (sulfide) groups is 1. The van der Waals surface area contributed by atoms with Gasteiger partial charge in [-0.3, -0.25) is 4.79 Å². The number of amides is 1. The standard InChI is InChI=1S/C23H27N5O2S/c1-5-28-22(19-10-12-20(30-4)13-11-19)26-27-23(28)31-15-21(29)25-24-14-17-6-8-18(9-7-17)16(2)3/h6-14,16H,5,15H2,1-4H3,(H,25,29)/b24-14-. The molecule has 2 aromatic carbocycles. The number of carbonyl (C=O) groups excluding carboxylic acids is 1. The van der Waals surface area contributed by atoms with Gasteiger partial charge in [0.1, 0.15) is 5.75 Å². The van der Waals surface area contributed by atoms with E-state index in [2.05, 4.69) is 46.7 Å². The summed E-state index contributed by atoms with van der Waals surface area (Å²) in [4.78, 5) is 12.2. The van der Waals surface area contributed by atoms with Crippen molar-refractivity contribution in [2.24, 2.45) is 5.10 Å². The van der Waals surface area contributed by atoms with E-state index in [1.165, 1.54) is 17.3 Å². The Balaban J connectivity index is 1.56. The van der Waals surface area contributed by atoms with Crippen LogP contribution in [-0.4, -0.2) is 39.7 Å². The summed E-state index contributed by atoms with van der Waals surface area (Å²) in [5, 5.41) is 13.3. The minimum absolute atomic E-state index is 0.197. The predicted octanol–water partition coefficient (Wildman–Crippen LogP) is 4.34. The van der Waals surface area contributed by atoms with Gasteiger partial charge in [0.15, 0.2) is 11.0 Å². The minimum Gasteiger partial charge on any atom is -0.497 e. The molecule has 0 unspecified atom stereocenters. The molecule has 0 aliphatic rings. The van der Waals surface area contributed by atoms with E-state index in [0.29, 0.717) is 17.6 Å². The molecule has 1 N–H and O–H groups in total. The number of hydrazone groups is 1. The predicted molar refractivity (Wildman–Crippen MR) is 125 cm³/mol. The van der Waals surface area contributed by atoms with Gasteiger partial charge in [0.25, 0.3) is 5.91 Å². The van der Waals surface area contributed by atoms with Crippen LogP contribution in [0.2, 0.25) is 0 Å². The number of carbonyl (C=O) groups is 1. The highest BCUT2D eigenvalue weighted by molar-refractivity contribution is 7.99. The average molecular weight is 438 g/mol. The van der Waals surface area contributed by atoms with Gasteiger partial charge >= 0.3 is 0 Å². The number of aromatic nitrogens is 3. The lowest BCUT2D eigenvalue weighted by Crippen LogP contribution is -2.20. The number of benzene rings is 2. The normalized spacial score (nSPS) is 11.3. The number of hydrogen-bond acceptors (Lipinski definition) is 6. The van der Waals surface area contributed by atoms with Crippen molar-refractivity contribution in [3.63, 3.8) is 0 Å². The number of nitrogens with one attached hydrogen (secondary N) is 1. The number of methoxy groups -OCH3 is 1. The summed E-state index contributed by atoms with van der Waals surface area (Å²) < 4.78 is 7.19. The fraction of sp³-hybridized carbons (Fsp3) is 0.304. The summed E-state index contributed by atoms with van der Waals surface area (Å²) in [5.41, 5.74) is 5.72. The zero-order valence-corrected chi connectivity index (χ0v) is 19.0. The van der Waals surface area contributed by atoms with Crippen LogP contribution in [0.4, 0.5) is 0 Å². The van der Waals surface area contributed by atoms with Crippen LogP contribution in [0.5, 0.6) is 5.75 Å². The van der Waals surface area contributed by atoms with Crippen LogP contribution < -0.4 is 10.2 Å². The molecule has 0 spiro atoms. The first kappa shape index (κ1) is 22.6. The Kier molecular flexibility index (Phi) is 7.83. The van der Waals surface area contributed by atoms with Gasteiger partial charge in [-0.25, -0.2) is 5.43 Å². The molecule has 0 bridgehead atoms. The largest absolute Gasteiger partial charge is 0.497 e. The first-order chi connectivity index (χ1) is 15.0. The van der Waals surface area contributed by atoms with Crippen LogP contribution in [0, 0.1) is 0 Å². The van der Waals surface area contributed by atoms with Crippen molar-refractivity contribution in [1.29, 1.82) is 0 Å². The molecule has 0 fully saturated rings. The van der Waals surface area contributed by atoms with Crippen molar-refractivity contribution in [2.75, 3.05) is 12.9 Å². The van der Waals surface area contributed by atoms with Crippen LogP contribution >= 0.6 is 11.8 Å². The van der Waals surface area contributed by atoms with E-state index in [0.717, 1.165) is 22.7 Å². The topological polar surface area (TPSA) is 81.4 Å². The van der Waals surface area contributed by atoms with E-state index in [9.17, 15) is 4.79 Å². The first-order valence-corrected chi connectivity index (χ1v) is 11.1. The average Bonchev–Trinajstić information content (AvgIpc) is 3.21. The van der Waals surface area contributed by atoms with E-state index >= 15 is 0 Å². The van der Waals surface area contributed by atoms with Gasteiger partial charge in [-0.15, -0.1) is 10.2 Å². The fourth-order valence-corrected chi connectivity index (χ4v) is 3.74. The van der Waals surface area contributed by atoms with E-state index in [4.69, 9.17) is 4.74 Å². The van der Waals surface area contributed by atoms with Crippen molar-refractivity contribution in [1.82, 2.24) is 20.2 Å². The van der Waals surface area contributed by atoms with Crippen LogP contribution in [0.25, 0.3) is 11.4 Å². The molecule has 0 aliphatic heterocycles. The molecule has 0 saturated heterocycles. The second-order valence-corrected chi connectivity index (χ2v) is 8.12. The summed E-state index contributed by atoms with van der Waals surface area (Å²) in [6.07, 6.45) is 1.64. The van der Waals surface area contributed by atoms with Gasteiger partial charge < -0.3 is 9.30 Å². The molecule has 3 rings (SSSR count). The lowest BCUT2D eigenvalue weighted by atomic mass is 10.0. The summed E-state index contributed by atoms with van der Waals surface area (Å²) in [6.45, 7) is 7.03. The quantitative estimate of drug-likeness (QED) is 0.306. The molecular weight excluding hydrogens is 410 g/mol. The fourth-order valence-electron chi connectivity index (χ4n) is 2.94. The van der Waals surface area contributed by atoms with Crippen molar-refractivity contribution in [3.05, 3.63) is 59.7 Å². The second-order valence-electron chi connectivity index (χ2n) is 7.18. The first-order valence-electron chi connectivity index (χ1n) is 10.1.